The van der Waals surface area contributed by atoms with Gasteiger partial charge in [0.05, 0.1) is 25.8 Å². The van der Waals surface area contributed by atoms with Crippen molar-refractivity contribution in [1.82, 2.24) is 15.2 Å². The van der Waals surface area contributed by atoms with E-state index >= 15 is 0 Å². The Morgan fingerprint density at radius 1 is 1.64 bits per heavy atom. The summed E-state index contributed by atoms with van der Waals surface area (Å²) >= 11 is 0. The van der Waals surface area contributed by atoms with Gasteiger partial charge in [-0.3, -0.25) is 4.84 Å². The van der Waals surface area contributed by atoms with E-state index in [4.69, 9.17) is 9.36 Å². The molecule has 0 spiro atoms. The Balaban J connectivity index is 1.90. The van der Waals surface area contributed by atoms with Gasteiger partial charge in [-0.2, -0.15) is 10.0 Å². The van der Waals surface area contributed by atoms with E-state index in [9.17, 15) is 5.11 Å². The molecule has 0 bridgehead atoms. The Labute approximate surface area is 81.4 Å². The van der Waals surface area contributed by atoms with Crippen molar-refractivity contribution < 1.29 is 14.5 Å². The zero-order chi connectivity index (χ0) is 9.97. The Hall–Kier alpha value is -0.980. The predicted molar refractivity (Wildman–Crippen MR) is 46.0 cm³/mol. The van der Waals surface area contributed by atoms with E-state index in [1.165, 1.54) is 0 Å². The van der Waals surface area contributed by atoms with E-state index < -0.39 is 6.10 Å². The maximum Gasteiger partial charge on any atom is 0.226 e. The molecule has 6 nitrogen and oxygen atoms in total. The highest BCUT2D eigenvalue weighted by atomic mass is 16.7. The molecule has 0 aromatic carbocycles. The van der Waals surface area contributed by atoms with Gasteiger partial charge in [0.15, 0.2) is 5.82 Å². The van der Waals surface area contributed by atoms with Gasteiger partial charge < -0.3 is 9.63 Å². The van der Waals surface area contributed by atoms with E-state index in [0.717, 1.165) is 6.42 Å². The maximum atomic E-state index is 9.20. The van der Waals surface area contributed by atoms with Gasteiger partial charge in [0.1, 0.15) is 0 Å². The summed E-state index contributed by atoms with van der Waals surface area (Å²) in [5.41, 5.74) is 0. The highest BCUT2D eigenvalue weighted by Crippen LogP contribution is 2.09. The van der Waals surface area contributed by atoms with Crippen LogP contribution in [0.4, 0.5) is 0 Å². The highest BCUT2D eigenvalue weighted by Gasteiger charge is 2.22. The second kappa shape index (κ2) is 4.04. The third kappa shape index (κ3) is 2.09. The molecule has 1 fully saturated rings. The first-order chi connectivity index (χ1) is 6.78. The molecule has 14 heavy (non-hydrogen) atoms. The van der Waals surface area contributed by atoms with Gasteiger partial charge in [-0.1, -0.05) is 12.1 Å². The third-order valence-corrected chi connectivity index (χ3v) is 1.99. The number of aliphatic hydroxyl groups excluding tert-OH is 1. The van der Waals surface area contributed by atoms with Crippen LogP contribution in [-0.2, 0) is 17.8 Å². The molecule has 1 N–H and O–H groups in total. The van der Waals surface area contributed by atoms with Crippen molar-refractivity contribution in [3.8, 4) is 0 Å². The molecule has 0 radical (unpaired) electrons. The Morgan fingerprint density at radius 2 is 2.50 bits per heavy atom. The molecule has 0 saturated carbocycles. The van der Waals surface area contributed by atoms with Crippen LogP contribution in [0.25, 0.3) is 0 Å². The summed E-state index contributed by atoms with van der Waals surface area (Å²) in [5, 5.41) is 14.6. The number of aliphatic hydroxyl groups is 1. The number of hydroxylamine groups is 2. The fourth-order valence-electron chi connectivity index (χ4n) is 1.30. The molecule has 1 aliphatic rings. The van der Waals surface area contributed by atoms with Crippen LogP contribution in [0, 0.1) is 0 Å². The third-order valence-electron chi connectivity index (χ3n) is 1.99. The van der Waals surface area contributed by atoms with Crippen molar-refractivity contribution in [2.45, 2.75) is 26.0 Å². The Kier molecular flexibility index (Phi) is 2.76. The van der Waals surface area contributed by atoms with Crippen LogP contribution in [0.3, 0.4) is 0 Å². The predicted octanol–water partition coefficient (Wildman–Crippen LogP) is -0.260. The highest BCUT2D eigenvalue weighted by molar-refractivity contribution is 4.85. The summed E-state index contributed by atoms with van der Waals surface area (Å²) in [4.78, 5) is 9.31. The maximum absolute atomic E-state index is 9.20. The minimum atomic E-state index is -0.410. The molecule has 0 aliphatic carbocycles. The van der Waals surface area contributed by atoms with Crippen molar-refractivity contribution in [1.29, 1.82) is 0 Å². The number of β-amino-alcohol motifs (C(OH)–C–C–N with tert-alkyl or cyclic N) is 1. The lowest BCUT2D eigenvalue weighted by Gasteiger charge is -2.09. The van der Waals surface area contributed by atoms with E-state index in [-0.39, 0.29) is 0 Å². The van der Waals surface area contributed by atoms with Gasteiger partial charge in [0.25, 0.3) is 0 Å². The zero-order valence-corrected chi connectivity index (χ0v) is 8.01. The SMILES string of the molecule is CCc1nc(CN2C[C@H](O)CO2)no1. The first-order valence-corrected chi connectivity index (χ1v) is 4.65. The standard InChI is InChI=1S/C8H13N3O3/c1-2-8-9-7(10-14-8)4-11-3-6(12)5-13-11/h6,12H,2-5H2,1H3/t6-/m0/s1. The van der Waals surface area contributed by atoms with Gasteiger partial charge in [-0.25, -0.2) is 0 Å². The summed E-state index contributed by atoms with van der Waals surface area (Å²) in [6.45, 7) is 3.25. The van der Waals surface area contributed by atoms with Crippen molar-refractivity contribution in [2.75, 3.05) is 13.2 Å². The van der Waals surface area contributed by atoms with Gasteiger partial charge in [-0.15, -0.1) is 0 Å². The van der Waals surface area contributed by atoms with Crippen molar-refractivity contribution in [3.05, 3.63) is 11.7 Å². The number of nitrogens with zero attached hydrogens (tertiary/aromatic N) is 3. The summed E-state index contributed by atoms with van der Waals surface area (Å²) in [7, 11) is 0. The first kappa shape index (κ1) is 9.57. The zero-order valence-electron chi connectivity index (χ0n) is 8.01. The largest absolute Gasteiger partial charge is 0.389 e. The van der Waals surface area contributed by atoms with Crippen LogP contribution in [0.15, 0.2) is 4.52 Å². The number of hydrogen-bond acceptors (Lipinski definition) is 6. The first-order valence-electron chi connectivity index (χ1n) is 4.65. The second-order valence-corrected chi connectivity index (χ2v) is 3.23. The lowest BCUT2D eigenvalue weighted by molar-refractivity contribution is -0.119. The van der Waals surface area contributed by atoms with Crippen molar-refractivity contribution in [3.63, 3.8) is 0 Å². The lowest BCUT2D eigenvalue weighted by atomic mass is 10.4. The summed E-state index contributed by atoms with van der Waals surface area (Å²) in [6, 6.07) is 0. The normalized spacial score (nSPS) is 23.1. The van der Waals surface area contributed by atoms with Crippen LogP contribution in [0.1, 0.15) is 18.6 Å². The van der Waals surface area contributed by atoms with E-state index in [1.54, 1.807) is 5.06 Å². The molecule has 1 aromatic heterocycles. The van der Waals surface area contributed by atoms with E-state index in [0.29, 0.717) is 31.4 Å². The summed E-state index contributed by atoms with van der Waals surface area (Å²) in [5.74, 6) is 1.22. The monoisotopic (exact) mass is 199 g/mol. The Morgan fingerprint density at radius 3 is 3.07 bits per heavy atom. The average molecular weight is 199 g/mol. The molecular weight excluding hydrogens is 186 g/mol. The molecule has 1 aliphatic heterocycles. The van der Waals surface area contributed by atoms with Gasteiger partial charge in [-0.05, 0) is 0 Å². The fourth-order valence-corrected chi connectivity index (χ4v) is 1.30. The van der Waals surface area contributed by atoms with Crippen molar-refractivity contribution in [2.24, 2.45) is 0 Å². The number of hydrogen-bond donors (Lipinski definition) is 1. The fraction of sp³-hybridized carbons (Fsp3) is 0.750. The van der Waals surface area contributed by atoms with Crippen molar-refractivity contribution >= 4 is 0 Å². The summed E-state index contributed by atoms with van der Waals surface area (Å²) in [6.07, 6.45) is 0.323. The van der Waals surface area contributed by atoms with Gasteiger partial charge >= 0.3 is 0 Å². The van der Waals surface area contributed by atoms with Crippen LogP contribution in [0.5, 0.6) is 0 Å². The molecule has 6 heteroatoms. The minimum absolute atomic E-state index is 0.346. The Bertz CT molecular complexity index is 302. The lowest BCUT2D eigenvalue weighted by Crippen LogP contribution is -2.21. The molecule has 1 aromatic rings. The number of rotatable bonds is 3. The van der Waals surface area contributed by atoms with Crippen LogP contribution in [0.2, 0.25) is 0 Å². The number of aromatic nitrogens is 2. The molecule has 1 saturated heterocycles. The van der Waals surface area contributed by atoms with Gasteiger partial charge in [0.2, 0.25) is 5.89 Å². The molecule has 2 heterocycles. The van der Waals surface area contributed by atoms with Crippen LogP contribution < -0.4 is 0 Å². The molecule has 2 rings (SSSR count). The van der Waals surface area contributed by atoms with E-state index in [1.807, 2.05) is 6.92 Å². The minimum Gasteiger partial charge on any atom is -0.389 e. The average Bonchev–Trinajstić information content (AvgIpc) is 2.76. The second-order valence-electron chi connectivity index (χ2n) is 3.23. The van der Waals surface area contributed by atoms with Gasteiger partial charge in [0, 0.05) is 6.42 Å². The smallest absolute Gasteiger partial charge is 0.226 e. The molecule has 0 amide bonds. The summed E-state index contributed by atoms with van der Waals surface area (Å²) < 4.78 is 4.95. The number of aryl methyl sites for hydroxylation is 1. The van der Waals surface area contributed by atoms with E-state index in [2.05, 4.69) is 10.1 Å². The molecular formula is C8H13N3O3. The quantitative estimate of drug-likeness (QED) is 0.723. The molecule has 1 atom stereocenters. The topological polar surface area (TPSA) is 71.6 Å². The molecule has 78 valence electrons. The van der Waals surface area contributed by atoms with Crippen LogP contribution in [-0.4, -0.2) is 39.6 Å². The van der Waals surface area contributed by atoms with Crippen LogP contribution >= 0.6 is 0 Å². The molecule has 0 unspecified atom stereocenters.